The zero-order valence-electron chi connectivity index (χ0n) is 19.2. The fourth-order valence-electron chi connectivity index (χ4n) is 4.56. The van der Waals surface area contributed by atoms with Gasteiger partial charge in [0.2, 0.25) is 11.8 Å². The number of aromatic nitrogens is 3. The van der Waals surface area contributed by atoms with E-state index in [1.54, 1.807) is 17.6 Å². The van der Waals surface area contributed by atoms with Crippen LogP contribution >= 0.6 is 11.6 Å². The minimum atomic E-state index is -0.173. The summed E-state index contributed by atoms with van der Waals surface area (Å²) in [6.07, 6.45) is 5.61. The maximum atomic E-state index is 11.6. The van der Waals surface area contributed by atoms with Gasteiger partial charge >= 0.3 is 0 Å². The second kappa shape index (κ2) is 9.13. The minimum Gasteiger partial charge on any atom is -0.488 e. The molecule has 0 unspecified atom stereocenters. The van der Waals surface area contributed by atoms with E-state index < -0.39 is 0 Å². The third-order valence-electron chi connectivity index (χ3n) is 6.65. The predicted octanol–water partition coefficient (Wildman–Crippen LogP) is 2.62. The first-order chi connectivity index (χ1) is 16.4. The van der Waals surface area contributed by atoms with Gasteiger partial charge in [0.05, 0.1) is 28.8 Å². The Hall–Kier alpha value is -3.33. The molecule has 9 nitrogen and oxygen atoms in total. The summed E-state index contributed by atoms with van der Waals surface area (Å²) in [7, 11) is 0. The van der Waals surface area contributed by atoms with Gasteiger partial charge in [0.1, 0.15) is 17.4 Å². The number of hydrogen-bond acceptors (Lipinski definition) is 6. The van der Waals surface area contributed by atoms with Gasteiger partial charge in [0, 0.05) is 63.7 Å². The zero-order chi connectivity index (χ0) is 23.8. The average Bonchev–Trinajstić information content (AvgIpc) is 3.45. The Morgan fingerprint density at radius 3 is 2.68 bits per heavy atom. The van der Waals surface area contributed by atoms with Crippen molar-refractivity contribution in [3.05, 3.63) is 41.8 Å². The highest BCUT2D eigenvalue weighted by Crippen LogP contribution is 2.34. The highest BCUT2D eigenvalue weighted by molar-refractivity contribution is 6.34. The highest BCUT2D eigenvalue weighted by Gasteiger charge is 2.29. The molecule has 2 aliphatic heterocycles. The lowest BCUT2D eigenvalue weighted by Gasteiger charge is -2.35. The number of fused-ring (bicyclic) bond motifs is 1. The van der Waals surface area contributed by atoms with Crippen LogP contribution in [0.4, 0.5) is 5.69 Å². The van der Waals surface area contributed by atoms with Gasteiger partial charge in [-0.2, -0.15) is 5.10 Å². The van der Waals surface area contributed by atoms with Crippen molar-refractivity contribution in [2.75, 3.05) is 37.6 Å². The lowest BCUT2D eigenvalue weighted by molar-refractivity contribution is -0.129. The number of pyridine rings is 2. The fraction of sp³-hybridized carbons (Fsp3) is 0.417. The van der Waals surface area contributed by atoms with Crippen LogP contribution in [0.15, 0.2) is 36.8 Å². The Morgan fingerprint density at radius 1 is 1.24 bits per heavy atom. The van der Waals surface area contributed by atoms with Crippen molar-refractivity contribution in [2.45, 2.75) is 26.4 Å². The minimum absolute atomic E-state index is 0.0497. The monoisotopic (exact) mass is 482 g/mol. The van der Waals surface area contributed by atoms with Crippen LogP contribution in [0.1, 0.15) is 20.3 Å². The summed E-state index contributed by atoms with van der Waals surface area (Å²) in [5.74, 6) is 0.871. The lowest BCUT2D eigenvalue weighted by Crippen LogP contribution is -2.48. The molecule has 0 aliphatic carbocycles. The summed E-state index contributed by atoms with van der Waals surface area (Å²) in [5, 5.41) is 7.73. The summed E-state index contributed by atoms with van der Waals surface area (Å²) >= 11 is 6.40. The van der Waals surface area contributed by atoms with Gasteiger partial charge in [-0.25, -0.2) is 4.52 Å². The van der Waals surface area contributed by atoms with Crippen LogP contribution in [0.2, 0.25) is 5.02 Å². The third kappa shape index (κ3) is 4.40. The van der Waals surface area contributed by atoms with Crippen LogP contribution in [0.5, 0.6) is 5.75 Å². The largest absolute Gasteiger partial charge is 0.488 e. The van der Waals surface area contributed by atoms with Crippen LogP contribution in [-0.2, 0) is 9.59 Å². The van der Waals surface area contributed by atoms with E-state index in [0.29, 0.717) is 29.3 Å². The molecule has 0 spiro atoms. The van der Waals surface area contributed by atoms with Gasteiger partial charge in [0.25, 0.3) is 0 Å². The van der Waals surface area contributed by atoms with Crippen LogP contribution in [0.3, 0.4) is 0 Å². The third-order valence-corrected chi connectivity index (χ3v) is 6.93. The number of nitrogens with zero attached hydrogens (tertiary/aromatic N) is 5. The average molecular weight is 483 g/mol. The number of carbonyl (C=O) groups excluding carboxylic acids is 2. The molecule has 2 fully saturated rings. The number of halogens is 1. The Labute approximate surface area is 202 Å². The maximum Gasteiger partial charge on any atom is 0.220 e. The number of nitrogens with one attached hydrogen (secondary N) is 1. The Bertz CT molecular complexity index is 1220. The van der Waals surface area contributed by atoms with Crippen LogP contribution < -0.4 is 15.0 Å². The number of ether oxygens (including phenoxy) is 1. The van der Waals surface area contributed by atoms with Crippen molar-refractivity contribution in [2.24, 2.45) is 5.92 Å². The Balaban J connectivity index is 1.38. The highest BCUT2D eigenvalue weighted by atomic mass is 35.5. The summed E-state index contributed by atoms with van der Waals surface area (Å²) in [6, 6.07) is 5.95. The zero-order valence-corrected chi connectivity index (χ0v) is 20.0. The lowest BCUT2D eigenvalue weighted by atomic mass is 10.0. The quantitative estimate of drug-likeness (QED) is 0.601. The van der Waals surface area contributed by atoms with Crippen LogP contribution in [-0.4, -0.2) is 70.1 Å². The summed E-state index contributed by atoms with van der Waals surface area (Å²) in [5.41, 5.74) is 3.35. The number of piperazine rings is 1. The molecule has 2 saturated heterocycles. The second-order valence-corrected chi connectivity index (χ2v) is 9.27. The first-order valence-electron chi connectivity index (χ1n) is 11.5. The molecule has 0 saturated carbocycles. The topological polar surface area (TPSA) is 92.1 Å². The summed E-state index contributed by atoms with van der Waals surface area (Å²) in [4.78, 5) is 32.0. The molecule has 1 N–H and O–H groups in total. The van der Waals surface area contributed by atoms with Gasteiger partial charge in [-0.15, -0.1) is 0 Å². The van der Waals surface area contributed by atoms with E-state index in [4.69, 9.17) is 21.3 Å². The van der Waals surface area contributed by atoms with Gasteiger partial charge in [0.15, 0.2) is 0 Å². The van der Waals surface area contributed by atoms with E-state index in [1.807, 2.05) is 42.4 Å². The van der Waals surface area contributed by atoms with E-state index in [0.717, 1.165) is 43.1 Å². The molecule has 34 heavy (non-hydrogen) atoms. The summed E-state index contributed by atoms with van der Waals surface area (Å²) in [6.45, 7) is 7.19. The first-order valence-corrected chi connectivity index (χ1v) is 11.8. The number of anilines is 1. The van der Waals surface area contributed by atoms with Gasteiger partial charge in [-0.1, -0.05) is 11.6 Å². The molecule has 2 aliphatic rings. The molecular weight excluding hydrogens is 456 g/mol. The maximum absolute atomic E-state index is 11.6. The normalized spacial score (nSPS) is 19.4. The standard InChI is InChI=1S/C24H27ClN6O3/c1-15(17-10-23(33)27-11-17)34-22-9-18(14-31-24(22)20(25)13-28-31)21-4-3-19(12-26-21)30-7-5-29(6-8-30)16(2)32/h3-4,9,12-15,17H,5-8,10-11H2,1-2H3,(H,27,33)/t15-,17-/m1/s1. The van der Waals surface area contributed by atoms with Crippen molar-refractivity contribution < 1.29 is 14.3 Å². The van der Waals surface area contributed by atoms with Crippen molar-refractivity contribution in [1.82, 2.24) is 24.8 Å². The van der Waals surface area contributed by atoms with E-state index in [1.165, 1.54) is 0 Å². The molecular formula is C24H27ClN6O3. The van der Waals surface area contributed by atoms with Gasteiger partial charge < -0.3 is 19.9 Å². The first kappa shape index (κ1) is 22.5. The molecule has 0 bridgehead atoms. The number of amides is 2. The molecule has 10 heteroatoms. The van der Waals surface area contributed by atoms with Crippen molar-refractivity contribution in [1.29, 1.82) is 0 Å². The molecule has 0 radical (unpaired) electrons. The molecule has 5 heterocycles. The molecule has 178 valence electrons. The van der Waals surface area contributed by atoms with E-state index in [2.05, 4.69) is 15.3 Å². The molecule has 3 aromatic heterocycles. The molecule has 5 rings (SSSR count). The molecule has 2 amide bonds. The number of hydrogen-bond donors (Lipinski definition) is 1. The Kier molecular flexibility index (Phi) is 6.03. The predicted molar refractivity (Wildman–Crippen MR) is 129 cm³/mol. The van der Waals surface area contributed by atoms with Crippen LogP contribution in [0, 0.1) is 5.92 Å². The molecule has 0 aromatic carbocycles. The SMILES string of the molecule is CC(=O)N1CCN(c2ccc(-c3cc(O[C@H](C)[C@H]4CNC(=O)C4)c4c(Cl)cnn4c3)nc2)CC1. The molecule has 3 aromatic rings. The molecule has 2 atom stereocenters. The van der Waals surface area contributed by atoms with Crippen LogP contribution in [0.25, 0.3) is 16.8 Å². The van der Waals surface area contributed by atoms with Gasteiger partial charge in [-0.3, -0.25) is 14.6 Å². The fourth-order valence-corrected chi connectivity index (χ4v) is 4.78. The van der Waals surface area contributed by atoms with E-state index in [9.17, 15) is 9.59 Å². The number of rotatable bonds is 5. The van der Waals surface area contributed by atoms with Crippen molar-refractivity contribution >= 4 is 34.6 Å². The van der Waals surface area contributed by atoms with E-state index >= 15 is 0 Å². The summed E-state index contributed by atoms with van der Waals surface area (Å²) < 4.78 is 8.01. The van der Waals surface area contributed by atoms with Crippen molar-refractivity contribution in [3.63, 3.8) is 0 Å². The second-order valence-electron chi connectivity index (χ2n) is 8.86. The van der Waals surface area contributed by atoms with E-state index in [-0.39, 0.29) is 23.8 Å². The Morgan fingerprint density at radius 2 is 2.03 bits per heavy atom. The van der Waals surface area contributed by atoms with Crippen molar-refractivity contribution in [3.8, 4) is 17.0 Å². The number of carbonyl (C=O) groups is 2. The smallest absolute Gasteiger partial charge is 0.220 e. The van der Waals surface area contributed by atoms with Gasteiger partial charge in [-0.05, 0) is 25.1 Å².